The highest BCUT2D eigenvalue weighted by Gasteiger charge is 2.31. The Kier molecular flexibility index (Phi) is 5.59. The molecule has 0 nitrogen and oxygen atoms in total. The Morgan fingerprint density at radius 1 is 0.846 bits per heavy atom. The first-order valence-electron chi connectivity index (χ1n) is 10.0. The van der Waals surface area contributed by atoms with Gasteiger partial charge in [-0.1, -0.05) is 49.7 Å². The van der Waals surface area contributed by atoms with Gasteiger partial charge in [0.1, 0.15) is 13.7 Å². The Bertz CT molecular complexity index is 740. The van der Waals surface area contributed by atoms with E-state index in [9.17, 15) is 4.39 Å². The Morgan fingerprint density at radius 2 is 1.50 bits per heavy atom. The van der Waals surface area contributed by atoms with E-state index in [1.54, 1.807) is 6.07 Å². The highest BCUT2D eigenvalue weighted by molar-refractivity contribution is 7.23. The number of rotatable bonds is 3. The minimum absolute atomic E-state index is 0.0541. The normalized spacial score (nSPS) is 29.6. The van der Waals surface area contributed by atoms with Gasteiger partial charge in [-0.05, 0) is 71.5 Å². The molecule has 4 radical (unpaired) electrons. The van der Waals surface area contributed by atoms with E-state index < -0.39 is 0 Å². The molecule has 2 aromatic rings. The predicted molar refractivity (Wildman–Crippen MR) is 111 cm³/mol. The van der Waals surface area contributed by atoms with Crippen LogP contribution >= 0.6 is 11.3 Å². The minimum Gasteiger partial charge on any atom is -0.207 e. The maximum absolute atomic E-state index is 14.8. The van der Waals surface area contributed by atoms with E-state index in [2.05, 4.69) is 6.07 Å². The van der Waals surface area contributed by atoms with Crippen molar-refractivity contribution in [2.45, 2.75) is 63.1 Å². The van der Waals surface area contributed by atoms with Crippen molar-refractivity contribution in [3.8, 4) is 10.4 Å². The van der Waals surface area contributed by atoms with Crippen molar-refractivity contribution < 1.29 is 4.39 Å². The summed E-state index contributed by atoms with van der Waals surface area (Å²) in [5.41, 5.74) is 1.84. The van der Waals surface area contributed by atoms with Gasteiger partial charge in [0.25, 0.3) is 0 Å². The lowest BCUT2D eigenvalue weighted by molar-refractivity contribution is 0.185. The van der Waals surface area contributed by atoms with E-state index in [1.807, 2.05) is 18.2 Å². The standard InChI is InChI=1S/C22H25B2FS/c23-18-8-5-15(6-9-18)14-1-3-16(4-2-14)19-10-7-17(13-20(19)25)21-11-12-22(24)26-21/h7,10-16,18H,1-6,8-9H2. The summed E-state index contributed by atoms with van der Waals surface area (Å²) in [4.78, 5) is 1.03. The molecule has 0 saturated heterocycles. The molecule has 132 valence electrons. The summed E-state index contributed by atoms with van der Waals surface area (Å²) >= 11 is 1.51. The van der Waals surface area contributed by atoms with Crippen molar-refractivity contribution in [3.05, 3.63) is 41.7 Å². The molecule has 1 heterocycles. The molecule has 0 N–H and O–H groups in total. The molecular formula is C22H25B2FS. The van der Waals surface area contributed by atoms with Gasteiger partial charge in [-0.15, -0.1) is 0 Å². The summed E-state index contributed by atoms with van der Waals surface area (Å²) in [5.74, 6) is 2.43. The summed E-state index contributed by atoms with van der Waals surface area (Å²) in [6.07, 6.45) is 9.69. The second-order valence-electron chi connectivity index (χ2n) is 8.22. The highest BCUT2D eigenvalue weighted by Crippen LogP contribution is 2.45. The molecule has 0 amide bonds. The van der Waals surface area contributed by atoms with Crippen LogP contribution in [-0.4, -0.2) is 15.7 Å². The molecule has 4 heteroatoms. The summed E-state index contributed by atoms with van der Waals surface area (Å²) in [5, 5.41) is 0. The third kappa shape index (κ3) is 3.96. The van der Waals surface area contributed by atoms with E-state index in [0.717, 1.165) is 45.5 Å². The predicted octanol–water partition coefficient (Wildman–Crippen LogP) is 5.77. The number of hydrogen-bond donors (Lipinski definition) is 0. The smallest absolute Gasteiger partial charge is 0.128 e. The topological polar surface area (TPSA) is 0 Å². The van der Waals surface area contributed by atoms with Gasteiger partial charge in [0.05, 0.1) is 7.85 Å². The molecule has 26 heavy (non-hydrogen) atoms. The zero-order valence-corrected chi connectivity index (χ0v) is 16.1. The zero-order valence-electron chi connectivity index (χ0n) is 15.3. The number of thiophene rings is 1. The Balaban J connectivity index is 1.40. The van der Waals surface area contributed by atoms with Crippen LogP contribution in [0.4, 0.5) is 4.39 Å². The van der Waals surface area contributed by atoms with Gasteiger partial charge >= 0.3 is 0 Å². The van der Waals surface area contributed by atoms with E-state index in [1.165, 1.54) is 49.9 Å². The van der Waals surface area contributed by atoms with Crippen LogP contribution in [0.2, 0.25) is 5.82 Å². The molecule has 2 aliphatic carbocycles. The van der Waals surface area contributed by atoms with Gasteiger partial charge in [-0.2, -0.15) is 11.3 Å². The van der Waals surface area contributed by atoms with Gasteiger partial charge in [0, 0.05) is 4.88 Å². The summed E-state index contributed by atoms with van der Waals surface area (Å²) in [7, 11) is 11.8. The largest absolute Gasteiger partial charge is 0.207 e. The monoisotopic (exact) mass is 362 g/mol. The molecule has 2 aliphatic rings. The van der Waals surface area contributed by atoms with Gasteiger partial charge in [0.2, 0.25) is 0 Å². The summed E-state index contributed by atoms with van der Waals surface area (Å²) in [6, 6.07) is 9.60. The van der Waals surface area contributed by atoms with Crippen LogP contribution in [0.5, 0.6) is 0 Å². The van der Waals surface area contributed by atoms with Crippen LogP contribution in [0.1, 0.15) is 62.8 Å². The van der Waals surface area contributed by atoms with Crippen molar-refractivity contribution in [3.63, 3.8) is 0 Å². The molecule has 0 bridgehead atoms. The average Bonchev–Trinajstić information content (AvgIpc) is 3.09. The lowest BCUT2D eigenvalue weighted by Crippen LogP contribution is -2.24. The van der Waals surface area contributed by atoms with Crippen molar-refractivity contribution >= 4 is 31.8 Å². The molecule has 2 fully saturated rings. The second kappa shape index (κ2) is 7.92. The van der Waals surface area contributed by atoms with Gasteiger partial charge in [-0.3, -0.25) is 0 Å². The van der Waals surface area contributed by atoms with Crippen molar-refractivity contribution in [2.24, 2.45) is 11.8 Å². The molecule has 0 atom stereocenters. The Morgan fingerprint density at radius 3 is 2.08 bits per heavy atom. The van der Waals surface area contributed by atoms with Gasteiger partial charge in [0.15, 0.2) is 0 Å². The highest BCUT2D eigenvalue weighted by atomic mass is 32.1. The Labute approximate surface area is 163 Å². The van der Waals surface area contributed by atoms with Crippen molar-refractivity contribution in [1.82, 2.24) is 0 Å². The van der Waals surface area contributed by atoms with Crippen LogP contribution in [0.3, 0.4) is 0 Å². The Hall–Kier alpha value is -1.02. The lowest BCUT2D eigenvalue weighted by Gasteiger charge is -2.37. The van der Waals surface area contributed by atoms with Crippen LogP contribution in [0.15, 0.2) is 30.3 Å². The fourth-order valence-electron chi connectivity index (χ4n) is 5.04. The molecule has 1 aromatic heterocycles. The maximum Gasteiger partial charge on any atom is 0.128 e. The first-order valence-corrected chi connectivity index (χ1v) is 10.8. The van der Waals surface area contributed by atoms with Crippen LogP contribution in [0.25, 0.3) is 10.4 Å². The quantitative estimate of drug-likeness (QED) is 0.609. The fourth-order valence-corrected chi connectivity index (χ4v) is 5.81. The average molecular weight is 362 g/mol. The van der Waals surface area contributed by atoms with Crippen molar-refractivity contribution in [1.29, 1.82) is 0 Å². The van der Waals surface area contributed by atoms with E-state index in [0.29, 0.717) is 11.7 Å². The molecular weight excluding hydrogens is 337 g/mol. The first kappa shape index (κ1) is 18.3. The van der Waals surface area contributed by atoms with Crippen LogP contribution in [-0.2, 0) is 0 Å². The van der Waals surface area contributed by atoms with Gasteiger partial charge in [-0.25, -0.2) is 4.39 Å². The third-order valence-electron chi connectivity index (χ3n) is 6.61. The van der Waals surface area contributed by atoms with E-state index in [-0.39, 0.29) is 5.82 Å². The van der Waals surface area contributed by atoms with Crippen molar-refractivity contribution in [2.75, 3.05) is 0 Å². The molecule has 0 aliphatic heterocycles. The number of hydrogen-bond acceptors (Lipinski definition) is 1. The molecule has 0 spiro atoms. The zero-order chi connectivity index (χ0) is 18.1. The summed E-state index contributed by atoms with van der Waals surface area (Å²) in [6.45, 7) is 0. The molecule has 4 rings (SSSR count). The SMILES string of the molecule is [B]c1ccc(-c2ccc(C3CCC(C4CCC([B])CC4)CC3)c(F)c2)s1. The van der Waals surface area contributed by atoms with Gasteiger partial charge < -0.3 is 0 Å². The summed E-state index contributed by atoms with van der Waals surface area (Å²) < 4.78 is 15.6. The molecule has 2 saturated carbocycles. The van der Waals surface area contributed by atoms with E-state index >= 15 is 0 Å². The number of benzene rings is 1. The van der Waals surface area contributed by atoms with E-state index in [4.69, 9.17) is 15.7 Å². The number of halogens is 1. The maximum atomic E-state index is 14.8. The minimum atomic E-state index is -0.0541. The fraction of sp³-hybridized carbons (Fsp3) is 0.545. The lowest BCUT2D eigenvalue weighted by atomic mass is 9.65. The molecule has 1 aromatic carbocycles. The first-order chi connectivity index (χ1) is 12.6. The van der Waals surface area contributed by atoms with Crippen LogP contribution < -0.4 is 4.78 Å². The second-order valence-corrected chi connectivity index (χ2v) is 9.34. The third-order valence-corrected chi connectivity index (χ3v) is 7.57. The van der Waals surface area contributed by atoms with Crippen LogP contribution in [0, 0.1) is 17.7 Å². The molecule has 0 unspecified atom stereocenters.